The van der Waals surface area contributed by atoms with Crippen molar-refractivity contribution in [2.75, 3.05) is 6.56 Å². The largest absolute Gasteiger partial charge is 0.394 e. The molecule has 1 atom stereocenters. The Morgan fingerprint density at radius 3 is 3.06 bits per heavy atom. The number of rotatable bonds is 4. The van der Waals surface area contributed by atoms with Crippen molar-refractivity contribution in [3.63, 3.8) is 0 Å². The van der Waals surface area contributed by atoms with Crippen molar-refractivity contribution < 1.29 is 18.2 Å². The lowest BCUT2D eigenvalue weighted by Gasteiger charge is -2.26. The zero-order valence-electron chi connectivity index (χ0n) is 15.6. The molecule has 0 aliphatic carbocycles. The standard InChI is InChI=1S/C13H18ClNO2/c1-13(2,3)15-11(8-16)12(17)9-5-4-6-10(14)7-9/h4-7,11,15-16H,8H2,1-3H3/i1D2,8D2,11D/hD. The molecule has 0 amide bonds. The van der Waals surface area contributed by atoms with Gasteiger partial charge in [-0.15, -0.1) is 0 Å². The van der Waals surface area contributed by atoms with Gasteiger partial charge in [-0.3, -0.25) is 4.79 Å². The van der Waals surface area contributed by atoms with E-state index in [1.165, 1.54) is 38.1 Å². The van der Waals surface area contributed by atoms with Gasteiger partial charge in [0.2, 0.25) is 0 Å². The Labute approximate surface area is 115 Å². The Hall–Kier alpha value is -0.900. The van der Waals surface area contributed by atoms with Gasteiger partial charge < -0.3 is 10.4 Å². The second-order valence-corrected chi connectivity index (χ2v) is 4.50. The lowest BCUT2D eigenvalue weighted by atomic mass is 10.0. The number of carbonyl (C=O) groups is 1. The first-order chi connectivity index (χ1) is 10.3. The van der Waals surface area contributed by atoms with Crippen molar-refractivity contribution >= 4 is 17.4 Å². The molecule has 0 aliphatic heterocycles. The predicted molar refractivity (Wildman–Crippen MR) is 69.5 cm³/mol. The summed E-state index contributed by atoms with van der Waals surface area (Å²) in [5.74, 6) is -1.20. The maximum absolute atomic E-state index is 12.6. The molecular formula is C13H18ClNO2. The predicted octanol–water partition coefficient (Wildman–Crippen LogP) is 2.27. The minimum Gasteiger partial charge on any atom is -0.394 e. The molecule has 4 heteroatoms. The van der Waals surface area contributed by atoms with E-state index in [0.717, 1.165) is 0 Å². The van der Waals surface area contributed by atoms with Crippen molar-refractivity contribution in [3.05, 3.63) is 34.9 Å². The maximum Gasteiger partial charge on any atom is 0.182 e. The second kappa shape index (κ2) is 5.63. The summed E-state index contributed by atoms with van der Waals surface area (Å²) in [6.07, 6.45) is 0. The molecule has 1 aromatic rings. The van der Waals surface area contributed by atoms with Gasteiger partial charge in [-0.05, 0) is 32.9 Å². The molecule has 0 saturated carbocycles. The zero-order valence-corrected chi connectivity index (χ0v) is 10.3. The van der Waals surface area contributed by atoms with Crippen LogP contribution in [0.25, 0.3) is 0 Å². The summed E-state index contributed by atoms with van der Waals surface area (Å²) in [7, 11) is 0. The summed E-state index contributed by atoms with van der Waals surface area (Å²) in [6, 6.07) is 2.28. The van der Waals surface area contributed by atoms with Gasteiger partial charge in [0.15, 0.2) is 5.78 Å². The van der Waals surface area contributed by atoms with Gasteiger partial charge in [0.25, 0.3) is 0 Å². The number of aliphatic hydroxyl groups is 1. The molecule has 1 unspecified atom stereocenters. The highest BCUT2D eigenvalue weighted by atomic mass is 35.5. The molecule has 2 N–H and O–H groups in total. The van der Waals surface area contributed by atoms with Crippen molar-refractivity contribution in [2.45, 2.75) is 32.3 Å². The molecule has 0 heterocycles. The molecule has 3 nitrogen and oxygen atoms in total. The fourth-order valence-electron chi connectivity index (χ4n) is 1.18. The van der Waals surface area contributed by atoms with Gasteiger partial charge in [-0.25, -0.2) is 0 Å². The number of nitrogens with one attached hydrogen (secondary N) is 1. The molecule has 0 saturated heterocycles. The van der Waals surface area contributed by atoms with Crippen LogP contribution in [0.4, 0.5) is 0 Å². The first kappa shape index (κ1) is 7.52. The summed E-state index contributed by atoms with van der Waals surface area (Å²) in [4.78, 5) is 12.6. The Kier molecular flexibility index (Phi) is 2.49. The highest BCUT2D eigenvalue weighted by molar-refractivity contribution is 6.31. The lowest BCUT2D eigenvalue weighted by molar-refractivity contribution is 0.0873. The number of halogens is 1. The van der Waals surface area contributed by atoms with Crippen LogP contribution in [0.2, 0.25) is 6.43 Å². The van der Waals surface area contributed by atoms with E-state index < -0.39 is 30.8 Å². The van der Waals surface area contributed by atoms with Crippen molar-refractivity contribution in [2.24, 2.45) is 0 Å². The normalized spacial score (nSPS) is 21.8. The average Bonchev–Trinajstić information content (AvgIpc) is 2.43. The molecule has 17 heavy (non-hydrogen) atoms. The van der Waals surface area contributed by atoms with E-state index in [-0.39, 0.29) is 15.9 Å². The fraction of sp³-hybridized carbons (Fsp3) is 0.462. The van der Waals surface area contributed by atoms with E-state index in [0.29, 0.717) is 0 Å². The van der Waals surface area contributed by atoms with E-state index in [1.807, 2.05) is 0 Å². The SMILES string of the molecule is [2H]C([2H])C(C)(C)N([2H])C([2H])(C(=O)c1cccc(Cl)c1)C([2H])([2H])O. The van der Waals surface area contributed by atoms with E-state index in [2.05, 4.69) is 0 Å². The number of hydrogen-bond acceptors (Lipinski definition) is 3. The molecule has 0 spiro atoms. The Morgan fingerprint density at radius 1 is 1.82 bits per heavy atom. The Bertz CT molecular complexity index is 592. The van der Waals surface area contributed by atoms with Crippen molar-refractivity contribution in [1.29, 1.82) is 0 Å². The van der Waals surface area contributed by atoms with Gasteiger partial charge >= 0.3 is 0 Å². The summed E-state index contributed by atoms with van der Waals surface area (Å²) in [5.41, 5.74) is -1.86. The quantitative estimate of drug-likeness (QED) is 0.818. The molecule has 0 bridgehead atoms. The monoisotopic (exact) mass is 261 g/mol. The minimum absolute atomic E-state index is 0.161. The van der Waals surface area contributed by atoms with Gasteiger partial charge in [0.1, 0.15) is 1.41 Å². The van der Waals surface area contributed by atoms with E-state index in [1.54, 1.807) is 0 Å². The third-order valence-electron chi connectivity index (χ3n) is 1.81. The summed E-state index contributed by atoms with van der Waals surface area (Å²) in [6.45, 7) is -2.60. The number of benzene rings is 1. The first-order valence-electron chi connectivity index (χ1n) is 8.03. The summed E-state index contributed by atoms with van der Waals surface area (Å²) in [5, 5.41) is 10.1. The van der Waals surface area contributed by atoms with Crippen molar-refractivity contribution in [1.82, 2.24) is 5.31 Å². The summed E-state index contributed by atoms with van der Waals surface area (Å²) < 4.78 is 46.1. The lowest BCUT2D eigenvalue weighted by Crippen LogP contribution is -2.49. The van der Waals surface area contributed by atoms with Crippen LogP contribution >= 0.6 is 11.6 Å². The molecule has 1 aromatic carbocycles. The number of Topliss-reactive ketones (excluding diaryl/α,β-unsaturated/α-hetero) is 1. The number of ketones is 1. The minimum atomic E-state index is -3.42. The van der Waals surface area contributed by atoms with Crippen LogP contribution in [0.3, 0.4) is 0 Å². The van der Waals surface area contributed by atoms with E-state index in [9.17, 15) is 9.90 Å². The number of carbonyl (C=O) groups excluding carboxylic acids is 1. The van der Waals surface area contributed by atoms with Crippen LogP contribution < -0.4 is 5.31 Å². The molecule has 94 valence electrons. The maximum atomic E-state index is 12.6. The Morgan fingerprint density at radius 2 is 2.53 bits per heavy atom. The van der Waals surface area contributed by atoms with Crippen LogP contribution in [0.15, 0.2) is 24.3 Å². The molecule has 0 aliphatic rings. The molecular weight excluding hydrogens is 238 g/mol. The summed E-state index contributed by atoms with van der Waals surface area (Å²) >= 11 is 5.78. The van der Waals surface area contributed by atoms with Gasteiger partial charge in [-0.2, -0.15) is 0 Å². The molecule has 0 radical (unpaired) electrons. The highest BCUT2D eigenvalue weighted by Crippen LogP contribution is 2.13. The van der Waals surface area contributed by atoms with Gasteiger partial charge in [0, 0.05) is 18.9 Å². The van der Waals surface area contributed by atoms with Crippen LogP contribution in [0, 0.1) is 0 Å². The molecule has 0 fully saturated rings. The van der Waals surface area contributed by atoms with Crippen LogP contribution in [-0.4, -0.2) is 29.0 Å². The third kappa shape index (κ3) is 4.46. The van der Waals surface area contributed by atoms with Gasteiger partial charge in [-0.1, -0.05) is 23.7 Å². The molecule has 1 rings (SSSR count). The fourth-order valence-corrected chi connectivity index (χ4v) is 1.37. The molecule has 0 aromatic heterocycles. The van der Waals surface area contributed by atoms with Crippen LogP contribution in [-0.2, 0) is 0 Å². The van der Waals surface area contributed by atoms with Crippen molar-refractivity contribution in [3.8, 4) is 0 Å². The Balaban J connectivity index is 3.48. The number of hydrogen-bond donors (Lipinski definition) is 2. The van der Waals surface area contributed by atoms with Crippen LogP contribution in [0.5, 0.6) is 0 Å². The van der Waals surface area contributed by atoms with E-state index in [4.69, 9.17) is 19.9 Å². The first-order valence-corrected chi connectivity index (χ1v) is 5.30. The van der Waals surface area contributed by atoms with Crippen LogP contribution in [0.1, 0.15) is 37.9 Å². The smallest absolute Gasteiger partial charge is 0.182 e. The third-order valence-corrected chi connectivity index (χ3v) is 2.04. The highest BCUT2D eigenvalue weighted by Gasteiger charge is 2.23. The second-order valence-electron chi connectivity index (χ2n) is 4.07. The topological polar surface area (TPSA) is 49.3 Å². The van der Waals surface area contributed by atoms with E-state index >= 15 is 0 Å². The van der Waals surface area contributed by atoms with Gasteiger partial charge in [0.05, 0.1) is 16.7 Å². The zero-order chi connectivity index (χ0) is 18.2. The average molecular weight is 262 g/mol.